The average Bonchev–Trinajstić information content (AvgIpc) is 2.44. The van der Waals surface area contributed by atoms with Crippen LogP contribution in [0, 0.1) is 0 Å². The average molecular weight is 345 g/mol. The molecule has 0 aromatic rings. The van der Waals surface area contributed by atoms with E-state index in [2.05, 4.69) is 50.6 Å². The van der Waals surface area contributed by atoms with E-state index in [9.17, 15) is 9.18 Å². The van der Waals surface area contributed by atoms with Crippen LogP contribution in [0.25, 0.3) is 0 Å². The molecular formula is C17H33FN2O2Si. The molecule has 1 aliphatic rings. The molecule has 6 heteroatoms. The fourth-order valence-corrected chi connectivity index (χ4v) is 3.40. The molecule has 2 amide bonds. The van der Waals surface area contributed by atoms with E-state index in [0.717, 1.165) is 32.3 Å². The third kappa shape index (κ3) is 7.04. The number of hydrogen-bond acceptors (Lipinski definition) is 2. The smallest absolute Gasteiger partial charge is 0.315 e. The highest BCUT2D eigenvalue weighted by Gasteiger charge is 2.36. The Balaban J connectivity index is 2.43. The molecule has 0 saturated carbocycles. The lowest BCUT2D eigenvalue weighted by Crippen LogP contribution is -2.43. The Bertz CT molecular complexity index is 419. The standard InChI is InChI=1S/C17H33FN2O2Si/c1-17(2,3)23(4,5)22-12-9-14-7-6-8-15(13-14)20-16(21)19-11-10-18/h13,15H,6-12H2,1-5H3,(H2,19,20,21). The van der Waals surface area contributed by atoms with E-state index in [1.807, 2.05) is 0 Å². The summed E-state index contributed by atoms with van der Waals surface area (Å²) in [5.74, 6) is 0. The number of carbonyl (C=O) groups excluding carboxylic acids is 1. The fraction of sp³-hybridized carbons (Fsp3) is 0.824. The van der Waals surface area contributed by atoms with Gasteiger partial charge in [0, 0.05) is 19.2 Å². The van der Waals surface area contributed by atoms with E-state index in [4.69, 9.17) is 4.43 Å². The van der Waals surface area contributed by atoms with E-state index >= 15 is 0 Å². The molecule has 0 saturated heterocycles. The topological polar surface area (TPSA) is 50.4 Å². The zero-order valence-corrected chi connectivity index (χ0v) is 16.3. The van der Waals surface area contributed by atoms with Crippen LogP contribution in [0.4, 0.5) is 9.18 Å². The lowest BCUT2D eigenvalue weighted by Gasteiger charge is -2.36. The van der Waals surface area contributed by atoms with Crippen molar-refractivity contribution in [3.05, 3.63) is 11.6 Å². The van der Waals surface area contributed by atoms with Crippen LogP contribution in [0.3, 0.4) is 0 Å². The maximum atomic E-state index is 12.0. The number of rotatable bonds is 7. The van der Waals surface area contributed by atoms with Crippen LogP contribution in [-0.4, -0.2) is 40.2 Å². The van der Waals surface area contributed by atoms with Gasteiger partial charge in [-0.25, -0.2) is 9.18 Å². The van der Waals surface area contributed by atoms with Gasteiger partial charge in [0.05, 0.1) is 0 Å². The molecule has 0 fully saturated rings. The molecule has 0 aliphatic heterocycles. The highest BCUT2D eigenvalue weighted by Crippen LogP contribution is 2.36. The molecule has 0 aromatic heterocycles. The molecule has 2 N–H and O–H groups in total. The van der Waals surface area contributed by atoms with Crippen molar-refractivity contribution in [2.45, 2.75) is 70.6 Å². The number of nitrogens with one attached hydrogen (secondary N) is 2. The minimum absolute atomic E-state index is 0.0474. The number of urea groups is 1. The van der Waals surface area contributed by atoms with Gasteiger partial charge < -0.3 is 15.1 Å². The van der Waals surface area contributed by atoms with E-state index in [1.54, 1.807) is 0 Å². The van der Waals surface area contributed by atoms with Gasteiger partial charge in [-0.2, -0.15) is 0 Å². The summed E-state index contributed by atoms with van der Waals surface area (Å²) in [4.78, 5) is 11.6. The molecule has 1 aliphatic carbocycles. The third-order valence-corrected chi connectivity index (χ3v) is 9.38. The van der Waals surface area contributed by atoms with Crippen molar-refractivity contribution in [2.24, 2.45) is 0 Å². The Morgan fingerprint density at radius 3 is 2.74 bits per heavy atom. The van der Waals surface area contributed by atoms with Gasteiger partial charge in [-0.15, -0.1) is 0 Å². The molecule has 1 rings (SSSR count). The van der Waals surface area contributed by atoms with Gasteiger partial charge in [0.15, 0.2) is 8.32 Å². The zero-order valence-electron chi connectivity index (χ0n) is 15.3. The summed E-state index contributed by atoms with van der Waals surface area (Å²) >= 11 is 0. The Kier molecular flexibility index (Phi) is 7.74. The van der Waals surface area contributed by atoms with Gasteiger partial charge in [-0.1, -0.05) is 32.4 Å². The molecule has 0 spiro atoms. The first-order chi connectivity index (χ1) is 10.7. The molecule has 1 unspecified atom stereocenters. The van der Waals surface area contributed by atoms with Crippen molar-refractivity contribution in [3.63, 3.8) is 0 Å². The van der Waals surface area contributed by atoms with Crippen LogP contribution in [0.5, 0.6) is 0 Å². The number of alkyl halides is 1. The number of halogens is 1. The SMILES string of the molecule is CC(C)(C)[Si](C)(C)OCCC1=CC(NC(=O)NCCF)CCC1. The van der Waals surface area contributed by atoms with Gasteiger partial charge >= 0.3 is 6.03 Å². The summed E-state index contributed by atoms with van der Waals surface area (Å²) in [5, 5.41) is 5.62. The fourth-order valence-electron chi connectivity index (χ4n) is 2.36. The van der Waals surface area contributed by atoms with Gasteiger partial charge in [-0.05, 0) is 43.8 Å². The zero-order chi connectivity index (χ0) is 17.5. The summed E-state index contributed by atoms with van der Waals surface area (Å²) in [5.41, 5.74) is 1.35. The maximum absolute atomic E-state index is 12.0. The van der Waals surface area contributed by atoms with Gasteiger partial charge in [-0.3, -0.25) is 0 Å². The van der Waals surface area contributed by atoms with Crippen LogP contribution in [0.1, 0.15) is 46.5 Å². The molecule has 4 nitrogen and oxygen atoms in total. The van der Waals surface area contributed by atoms with Crippen molar-refractivity contribution in [1.29, 1.82) is 0 Å². The Morgan fingerprint density at radius 2 is 2.13 bits per heavy atom. The number of carbonyl (C=O) groups is 1. The molecule has 134 valence electrons. The first kappa shape index (κ1) is 20.2. The van der Waals surface area contributed by atoms with Crippen LogP contribution < -0.4 is 10.6 Å². The molecule has 0 aromatic carbocycles. The summed E-state index contributed by atoms with van der Waals surface area (Å²) < 4.78 is 18.3. The predicted molar refractivity (Wildman–Crippen MR) is 96.0 cm³/mol. The van der Waals surface area contributed by atoms with E-state index < -0.39 is 15.0 Å². The Labute approximate surface area is 141 Å². The molecule has 1 atom stereocenters. The van der Waals surface area contributed by atoms with Gasteiger partial charge in [0.1, 0.15) is 6.67 Å². The monoisotopic (exact) mass is 344 g/mol. The Morgan fingerprint density at radius 1 is 1.43 bits per heavy atom. The van der Waals surface area contributed by atoms with Crippen LogP contribution >= 0.6 is 0 Å². The second kappa shape index (κ2) is 8.83. The molecule has 0 heterocycles. The van der Waals surface area contributed by atoms with Crippen molar-refractivity contribution >= 4 is 14.3 Å². The highest BCUT2D eigenvalue weighted by atomic mass is 28.4. The van der Waals surface area contributed by atoms with E-state index in [0.29, 0.717) is 0 Å². The lowest BCUT2D eigenvalue weighted by atomic mass is 9.94. The van der Waals surface area contributed by atoms with Crippen LogP contribution in [0.2, 0.25) is 18.1 Å². The van der Waals surface area contributed by atoms with Gasteiger partial charge in [0.25, 0.3) is 0 Å². The largest absolute Gasteiger partial charge is 0.417 e. The van der Waals surface area contributed by atoms with E-state index in [1.165, 1.54) is 5.57 Å². The summed E-state index contributed by atoms with van der Waals surface area (Å²) in [6, 6.07) is -0.242. The Hall–Kier alpha value is -0.883. The second-order valence-electron chi connectivity index (χ2n) is 7.77. The molecule has 23 heavy (non-hydrogen) atoms. The first-order valence-corrected chi connectivity index (χ1v) is 11.5. The molecule has 0 bridgehead atoms. The molecular weight excluding hydrogens is 311 g/mol. The van der Waals surface area contributed by atoms with E-state index in [-0.39, 0.29) is 23.7 Å². The quantitative estimate of drug-likeness (QED) is 0.538. The summed E-state index contributed by atoms with van der Waals surface area (Å²) in [6.07, 6.45) is 6.16. The van der Waals surface area contributed by atoms with Crippen LogP contribution in [-0.2, 0) is 4.43 Å². The first-order valence-electron chi connectivity index (χ1n) is 8.59. The summed E-state index contributed by atoms with van der Waals surface area (Å²) in [7, 11) is -1.69. The van der Waals surface area contributed by atoms with Crippen LogP contribution in [0.15, 0.2) is 11.6 Å². The maximum Gasteiger partial charge on any atom is 0.315 e. The minimum atomic E-state index is -1.69. The van der Waals surface area contributed by atoms with Crippen molar-refractivity contribution in [2.75, 3.05) is 19.8 Å². The predicted octanol–water partition coefficient (Wildman–Crippen LogP) is 4.15. The lowest BCUT2D eigenvalue weighted by molar-refractivity contribution is 0.236. The third-order valence-electron chi connectivity index (χ3n) is 4.84. The number of amides is 2. The minimum Gasteiger partial charge on any atom is -0.417 e. The summed E-state index contributed by atoms with van der Waals surface area (Å²) in [6.45, 7) is 11.5. The van der Waals surface area contributed by atoms with Crippen molar-refractivity contribution in [1.82, 2.24) is 10.6 Å². The normalized spacial score (nSPS) is 19.2. The number of hydrogen-bond donors (Lipinski definition) is 2. The van der Waals surface area contributed by atoms with Gasteiger partial charge in [0.2, 0.25) is 0 Å². The molecule has 0 radical (unpaired) electrons. The highest BCUT2D eigenvalue weighted by molar-refractivity contribution is 6.74. The van der Waals surface area contributed by atoms with Crippen molar-refractivity contribution in [3.8, 4) is 0 Å². The second-order valence-corrected chi connectivity index (χ2v) is 12.6. The van der Waals surface area contributed by atoms with Crippen molar-refractivity contribution < 1.29 is 13.6 Å².